The summed E-state index contributed by atoms with van der Waals surface area (Å²) in [6.07, 6.45) is 4.11. The predicted octanol–water partition coefficient (Wildman–Crippen LogP) is 2.34. The fourth-order valence-corrected chi connectivity index (χ4v) is 2.75. The lowest BCUT2D eigenvalue weighted by molar-refractivity contribution is -0.150. The predicted molar refractivity (Wildman–Crippen MR) is 73.7 cm³/mol. The highest BCUT2D eigenvalue weighted by molar-refractivity contribution is 5.73. The van der Waals surface area contributed by atoms with Crippen LogP contribution in [-0.2, 0) is 16.0 Å². The highest BCUT2D eigenvalue weighted by Crippen LogP contribution is 2.38. The van der Waals surface area contributed by atoms with Crippen LogP contribution < -0.4 is 5.73 Å². The summed E-state index contributed by atoms with van der Waals surface area (Å²) < 4.78 is 9.93. The first-order valence-electron chi connectivity index (χ1n) is 7.12. The first-order chi connectivity index (χ1) is 9.36. The third-order valence-corrected chi connectivity index (χ3v) is 4.09. The quantitative estimate of drug-likeness (QED) is 0.855. The summed E-state index contributed by atoms with van der Waals surface area (Å²) in [6, 6.07) is 0. The second kappa shape index (κ2) is 5.81. The van der Waals surface area contributed by atoms with E-state index in [1.807, 2.05) is 0 Å². The number of nitrogens with zero attached hydrogens (tertiary/aromatic N) is 2. The van der Waals surface area contributed by atoms with Crippen molar-refractivity contribution in [2.75, 3.05) is 5.73 Å². The van der Waals surface area contributed by atoms with E-state index in [0.29, 0.717) is 17.0 Å². The van der Waals surface area contributed by atoms with Gasteiger partial charge in [-0.25, -0.2) is 4.63 Å². The van der Waals surface area contributed by atoms with Crippen molar-refractivity contribution >= 4 is 11.8 Å². The van der Waals surface area contributed by atoms with Crippen LogP contribution >= 0.6 is 0 Å². The van der Waals surface area contributed by atoms with Crippen LogP contribution in [0.2, 0.25) is 0 Å². The molecule has 1 aromatic heterocycles. The number of hydrogen-bond acceptors (Lipinski definition) is 6. The van der Waals surface area contributed by atoms with E-state index in [1.165, 1.54) is 0 Å². The van der Waals surface area contributed by atoms with E-state index in [0.717, 1.165) is 25.7 Å². The van der Waals surface area contributed by atoms with Gasteiger partial charge in [-0.1, -0.05) is 25.9 Å². The maximum absolute atomic E-state index is 11.8. The summed E-state index contributed by atoms with van der Waals surface area (Å²) in [5.74, 6) is 0.540. The Morgan fingerprint density at radius 2 is 1.95 bits per heavy atom. The Kier molecular flexibility index (Phi) is 4.30. The molecule has 20 heavy (non-hydrogen) atoms. The maximum Gasteiger partial charge on any atom is 0.312 e. The molecule has 0 spiro atoms. The summed E-state index contributed by atoms with van der Waals surface area (Å²) in [4.78, 5) is 11.8. The first kappa shape index (κ1) is 14.8. The molecule has 2 N–H and O–H groups in total. The third kappa shape index (κ3) is 3.71. The van der Waals surface area contributed by atoms with Crippen LogP contribution in [0.25, 0.3) is 0 Å². The Bertz CT molecular complexity index is 456. The molecule has 112 valence electrons. The molecular formula is C14H23N3O3. The number of carbonyl (C=O) groups is 1. The average Bonchev–Trinajstić information content (AvgIpc) is 2.74. The van der Waals surface area contributed by atoms with Crippen LogP contribution in [-0.4, -0.2) is 22.4 Å². The van der Waals surface area contributed by atoms with Gasteiger partial charge in [0.1, 0.15) is 11.8 Å². The molecule has 6 heteroatoms. The molecule has 0 saturated heterocycles. The SMILES string of the molecule is CC(C)(C)C1CCC(OC(=O)Cc2nonc2N)CC1. The number of aromatic nitrogens is 2. The van der Waals surface area contributed by atoms with Crippen molar-refractivity contribution in [1.29, 1.82) is 0 Å². The number of anilines is 1. The zero-order valence-electron chi connectivity index (χ0n) is 12.4. The highest BCUT2D eigenvalue weighted by atomic mass is 16.6. The van der Waals surface area contributed by atoms with E-state index in [9.17, 15) is 4.79 Å². The summed E-state index contributed by atoms with van der Waals surface area (Å²) in [7, 11) is 0. The smallest absolute Gasteiger partial charge is 0.312 e. The van der Waals surface area contributed by atoms with Gasteiger partial charge in [0.25, 0.3) is 0 Å². The molecule has 1 heterocycles. The van der Waals surface area contributed by atoms with Gasteiger partial charge in [0.2, 0.25) is 0 Å². The van der Waals surface area contributed by atoms with Gasteiger partial charge in [0, 0.05) is 0 Å². The minimum absolute atomic E-state index is 0.0159. The van der Waals surface area contributed by atoms with Crippen LogP contribution in [0.5, 0.6) is 0 Å². The van der Waals surface area contributed by atoms with Gasteiger partial charge < -0.3 is 10.5 Å². The summed E-state index contributed by atoms with van der Waals surface area (Å²) in [5, 5.41) is 7.02. The Labute approximate surface area is 119 Å². The molecule has 0 unspecified atom stereocenters. The fourth-order valence-electron chi connectivity index (χ4n) is 2.75. The number of nitrogens with two attached hydrogens (primary N) is 1. The second-order valence-corrected chi connectivity index (χ2v) is 6.60. The Hall–Kier alpha value is -1.59. The Balaban J connectivity index is 1.78. The Morgan fingerprint density at radius 1 is 1.30 bits per heavy atom. The lowest BCUT2D eigenvalue weighted by atomic mass is 9.72. The van der Waals surface area contributed by atoms with Gasteiger partial charge in [-0.3, -0.25) is 4.79 Å². The van der Waals surface area contributed by atoms with Crippen LogP contribution in [0.3, 0.4) is 0 Å². The van der Waals surface area contributed by atoms with Crippen LogP contribution in [0.15, 0.2) is 4.63 Å². The van der Waals surface area contributed by atoms with Gasteiger partial charge in [-0.2, -0.15) is 0 Å². The van der Waals surface area contributed by atoms with Crippen molar-refractivity contribution in [2.45, 2.75) is 59.0 Å². The van der Waals surface area contributed by atoms with Gasteiger partial charge in [-0.15, -0.1) is 0 Å². The third-order valence-electron chi connectivity index (χ3n) is 4.09. The van der Waals surface area contributed by atoms with Gasteiger partial charge >= 0.3 is 5.97 Å². The van der Waals surface area contributed by atoms with Crippen molar-refractivity contribution in [3.05, 3.63) is 5.69 Å². The molecule has 0 amide bonds. The molecule has 0 aliphatic heterocycles. The van der Waals surface area contributed by atoms with Gasteiger partial charge in [0.15, 0.2) is 5.82 Å². The zero-order valence-corrected chi connectivity index (χ0v) is 12.4. The molecular weight excluding hydrogens is 258 g/mol. The first-order valence-corrected chi connectivity index (χ1v) is 7.12. The molecule has 1 fully saturated rings. The van der Waals surface area contributed by atoms with E-state index >= 15 is 0 Å². The monoisotopic (exact) mass is 281 g/mol. The molecule has 1 saturated carbocycles. The average molecular weight is 281 g/mol. The number of carbonyl (C=O) groups excluding carboxylic acids is 1. The largest absolute Gasteiger partial charge is 0.462 e. The molecule has 1 aliphatic carbocycles. The number of nitrogen functional groups attached to an aromatic ring is 1. The summed E-state index contributed by atoms with van der Waals surface area (Å²) in [6.45, 7) is 6.80. The molecule has 0 aromatic carbocycles. The highest BCUT2D eigenvalue weighted by Gasteiger charge is 2.31. The van der Waals surface area contributed by atoms with E-state index in [1.54, 1.807) is 0 Å². The van der Waals surface area contributed by atoms with E-state index < -0.39 is 0 Å². The molecule has 1 aliphatic rings. The number of hydrogen-bond donors (Lipinski definition) is 1. The van der Waals surface area contributed by atoms with E-state index in [2.05, 4.69) is 35.7 Å². The van der Waals surface area contributed by atoms with E-state index in [4.69, 9.17) is 10.5 Å². The van der Waals surface area contributed by atoms with E-state index in [-0.39, 0.29) is 24.3 Å². The molecule has 0 bridgehead atoms. The number of rotatable bonds is 3. The summed E-state index contributed by atoms with van der Waals surface area (Å²) >= 11 is 0. The fraction of sp³-hybridized carbons (Fsp3) is 0.786. The van der Waals surface area contributed by atoms with Crippen molar-refractivity contribution in [3.63, 3.8) is 0 Å². The van der Waals surface area contributed by atoms with Crippen LogP contribution in [0, 0.1) is 11.3 Å². The molecule has 6 nitrogen and oxygen atoms in total. The standard InChI is InChI=1S/C14H23N3O3/c1-14(2,3)9-4-6-10(7-5-9)19-12(18)8-11-13(15)17-20-16-11/h9-10H,4-8H2,1-3H3,(H2,15,17). The summed E-state index contributed by atoms with van der Waals surface area (Å²) in [5.41, 5.74) is 6.19. The van der Waals surface area contributed by atoms with Gasteiger partial charge in [-0.05, 0) is 42.2 Å². The van der Waals surface area contributed by atoms with Crippen LogP contribution in [0.4, 0.5) is 5.82 Å². The maximum atomic E-state index is 11.8. The lowest BCUT2D eigenvalue weighted by Crippen LogP contribution is -2.30. The molecule has 0 radical (unpaired) electrons. The minimum Gasteiger partial charge on any atom is -0.462 e. The van der Waals surface area contributed by atoms with Crippen molar-refractivity contribution in [3.8, 4) is 0 Å². The minimum atomic E-state index is -0.313. The molecule has 2 rings (SSSR count). The van der Waals surface area contributed by atoms with Crippen molar-refractivity contribution < 1.29 is 14.2 Å². The topological polar surface area (TPSA) is 91.2 Å². The van der Waals surface area contributed by atoms with Crippen molar-refractivity contribution in [1.82, 2.24) is 10.3 Å². The Morgan fingerprint density at radius 3 is 2.45 bits per heavy atom. The van der Waals surface area contributed by atoms with Crippen molar-refractivity contribution in [2.24, 2.45) is 11.3 Å². The molecule has 1 aromatic rings. The van der Waals surface area contributed by atoms with Gasteiger partial charge in [0.05, 0.1) is 6.42 Å². The lowest BCUT2D eigenvalue weighted by Gasteiger charge is -2.36. The number of ether oxygens (including phenoxy) is 1. The number of esters is 1. The second-order valence-electron chi connectivity index (χ2n) is 6.60. The zero-order chi connectivity index (χ0) is 14.8. The normalized spacial score (nSPS) is 23.6. The van der Waals surface area contributed by atoms with Crippen LogP contribution in [0.1, 0.15) is 52.1 Å². The molecule has 0 atom stereocenters.